The number of aromatic nitrogens is 2. The Bertz CT molecular complexity index is 515. The summed E-state index contributed by atoms with van der Waals surface area (Å²) < 4.78 is 6.01. The van der Waals surface area contributed by atoms with Crippen LogP contribution in [0.4, 0.5) is 5.82 Å². The molecule has 0 saturated carbocycles. The lowest BCUT2D eigenvalue weighted by atomic mass is 9.85. The molecular weight excluding hydrogens is 320 g/mol. The molecule has 1 aliphatic rings. The number of ether oxygens (including phenoxy) is 1. The number of rotatable bonds is 6. The second-order valence-electron chi connectivity index (χ2n) is 5.81. The number of hydrogen-bond acceptors (Lipinski definition) is 5. The Labute approximate surface area is 142 Å². The number of amides is 1. The number of methoxy groups -OCH3 is 1. The average Bonchev–Trinajstić information content (AvgIpc) is 2.94. The minimum Gasteiger partial charge on any atom is -0.468 e. The maximum Gasteiger partial charge on any atom is 0.327 e. The highest BCUT2D eigenvalue weighted by molar-refractivity contribution is 5.89. The lowest BCUT2D eigenvalue weighted by Gasteiger charge is -2.27. The minimum absolute atomic E-state index is 0. The van der Waals surface area contributed by atoms with Gasteiger partial charge in [0.2, 0.25) is 5.91 Å². The van der Waals surface area contributed by atoms with Crippen molar-refractivity contribution >= 4 is 30.1 Å². The van der Waals surface area contributed by atoms with E-state index in [-0.39, 0.29) is 30.8 Å². The Balaban J connectivity index is 0.00000264. The second-order valence-corrected chi connectivity index (χ2v) is 5.81. The van der Waals surface area contributed by atoms with Crippen LogP contribution in [0, 0.1) is 11.8 Å². The molecule has 2 heterocycles. The quantitative estimate of drug-likeness (QED) is 0.763. The first kappa shape index (κ1) is 19.4. The fourth-order valence-corrected chi connectivity index (χ4v) is 2.73. The summed E-state index contributed by atoms with van der Waals surface area (Å²) in [6, 6.07) is 1.67. The van der Waals surface area contributed by atoms with Crippen LogP contribution in [0.2, 0.25) is 0 Å². The van der Waals surface area contributed by atoms with E-state index < -0.39 is 0 Å². The molecule has 1 amide bonds. The molecule has 7 nitrogen and oxygen atoms in total. The molecule has 2 N–H and O–H groups in total. The molecule has 23 heavy (non-hydrogen) atoms. The molecule has 1 saturated heterocycles. The van der Waals surface area contributed by atoms with E-state index in [0.717, 1.165) is 13.1 Å². The van der Waals surface area contributed by atoms with Crippen molar-refractivity contribution in [1.29, 1.82) is 0 Å². The van der Waals surface area contributed by atoms with Gasteiger partial charge in [0.05, 0.1) is 7.11 Å². The maximum atomic E-state index is 12.1. The standard InChI is InChI=1S/C15H24N4O3.ClH/c1-11(12-4-3-6-16-9-12)8-14(20)17-13-5-7-19(18-13)10-15(21)22-2;/h5,7,11-12,16H,3-4,6,8-10H2,1-2H3,(H,17,18,20);1H. The Hall–Kier alpha value is -1.60. The van der Waals surface area contributed by atoms with Crippen LogP contribution in [0.15, 0.2) is 12.3 Å². The summed E-state index contributed by atoms with van der Waals surface area (Å²) in [5.74, 6) is 0.935. The van der Waals surface area contributed by atoms with Crippen molar-refractivity contribution in [2.24, 2.45) is 11.8 Å². The van der Waals surface area contributed by atoms with E-state index in [1.807, 2.05) is 0 Å². The van der Waals surface area contributed by atoms with Crippen molar-refractivity contribution in [3.63, 3.8) is 0 Å². The highest BCUT2D eigenvalue weighted by Gasteiger charge is 2.22. The zero-order chi connectivity index (χ0) is 15.9. The molecule has 1 aromatic rings. The van der Waals surface area contributed by atoms with Gasteiger partial charge >= 0.3 is 5.97 Å². The van der Waals surface area contributed by atoms with E-state index in [9.17, 15) is 9.59 Å². The molecule has 2 unspecified atom stereocenters. The van der Waals surface area contributed by atoms with Gasteiger partial charge in [-0.2, -0.15) is 5.10 Å². The number of piperidine rings is 1. The van der Waals surface area contributed by atoms with Gasteiger partial charge in [-0.15, -0.1) is 12.4 Å². The molecule has 2 atom stereocenters. The van der Waals surface area contributed by atoms with Crippen molar-refractivity contribution in [3.8, 4) is 0 Å². The molecule has 2 rings (SSSR count). The molecule has 8 heteroatoms. The summed E-state index contributed by atoms with van der Waals surface area (Å²) in [5.41, 5.74) is 0. The Morgan fingerprint density at radius 2 is 2.35 bits per heavy atom. The van der Waals surface area contributed by atoms with Gasteiger partial charge in [-0.25, -0.2) is 0 Å². The van der Waals surface area contributed by atoms with Gasteiger partial charge in [0.25, 0.3) is 0 Å². The lowest BCUT2D eigenvalue weighted by molar-refractivity contribution is -0.141. The Morgan fingerprint density at radius 3 is 3.00 bits per heavy atom. The lowest BCUT2D eigenvalue weighted by Crippen LogP contribution is -2.34. The van der Waals surface area contributed by atoms with E-state index in [4.69, 9.17) is 0 Å². The fourth-order valence-electron chi connectivity index (χ4n) is 2.73. The van der Waals surface area contributed by atoms with E-state index >= 15 is 0 Å². The molecule has 130 valence electrons. The van der Waals surface area contributed by atoms with Crippen LogP contribution in [0.25, 0.3) is 0 Å². The summed E-state index contributed by atoms with van der Waals surface area (Å²) in [6.45, 7) is 4.22. The van der Waals surface area contributed by atoms with Crippen LogP contribution < -0.4 is 10.6 Å². The van der Waals surface area contributed by atoms with Crippen LogP contribution in [-0.2, 0) is 20.9 Å². The van der Waals surface area contributed by atoms with Crippen molar-refractivity contribution in [2.45, 2.75) is 32.7 Å². The first-order valence-corrected chi connectivity index (χ1v) is 7.69. The maximum absolute atomic E-state index is 12.1. The van der Waals surface area contributed by atoms with Crippen molar-refractivity contribution < 1.29 is 14.3 Å². The largest absolute Gasteiger partial charge is 0.468 e. The number of carbonyl (C=O) groups is 2. The molecule has 0 bridgehead atoms. The number of nitrogens with zero attached hydrogens (tertiary/aromatic N) is 2. The zero-order valence-electron chi connectivity index (χ0n) is 13.6. The predicted molar refractivity (Wildman–Crippen MR) is 89.5 cm³/mol. The fraction of sp³-hybridized carbons (Fsp3) is 0.667. The van der Waals surface area contributed by atoms with Gasteiger partial charge in [-0.1, -0.05) is 6.92 Å². The Kier molecular flexibility index (Phi) is 8.05. The predicted octanol–water partition coefficient (Wildman–Crippen LogP) is 1.44. The van der Waals surface area contributed by atoms with Crippen molar-refractivity contribution in [3.05, 3.63) is 12.3 Å². The average molecular weight is 345 g/mol. The van der Waals surface area contributed by atoms with Gasteiger partial charge in [0, 0.05) is 18.7 Å². The van der Waals surface area contributed by atoms with Crippen LogP contribution in [0.5, 0.6) is 0 Å². The SMILES string of the molecule is COC(=O)Cn1ccc(NC(=O)CC(C)C2CCCNC2)n1.Cl. The van der Waals surface area contributed by atoms with Crippen LogP contribution in [0.1, 0.15) is 26.2 Å². The van der Waals surface area contributed by atoms with Crippen molar-refractivity contribution in [1.82, 2.24) is 15.1 Å². The van der Waals surface area contributed by atoms with Gasteiger partial charge in [-0.05, 0) is 37.8 Å². The zero-order valence-corrected chi connectivity index (χ0v) is 14.4. The summed E-state index contributed by atoms with van der Waals surface area (Å²) in [5, 5.41) is 10.3. The van der Waals surface area contributed by atoms with E-state index in [2.05, 4.69) is 27.4 Å². The minimum atomic E-state index is -0.376. The number of nitrogens with one attached hydrogen (secondary N) is 2. The molecule has 1 aliphatic heterocycles. The number of anilines is 1. The topological polar surface area (TPSA) is 85.2 Å². The normalized spacial score (nSPS) is 18.6. The molecule has 0 spiro atoms. The highest BCUT2D eigenvalue weighted by Crippen LogP contribution is 2.22. The van der Waals surface area contributed by atoms with Crippen LogP contribution >= 0.6 is 12.4 Å². The van der Waals surface area contributed by atoms with Crippen LogP contribution in [0.3, 0.4) is 0 Å². The molecule has 1 fully saturated rings. The van der Waals surface area contributed by atoms with Crippen molar-refractivity contribution in [2.75, 3.05) is 25.5 Å². The van der Waals surface area contributed by atoms with E-state index in [1.54, 1.807) is 12.3 Å². The Morgan fingerprint density at radius 1 is 1.57 bits per heavy atom. The van der Waals surface area contributed by atoms with E-state index in [0.29, 0.717) is 24.1 Å². The highest BCUT2D eigenvalue weighted by atomic mass is 35.5. The third kappa shape index (κ3) is 6.19. The number of hydrogen-bond donors (Lipinski definition) is 2. The number of halogens is 1. The first-order chi connectivity index (χ1) is 10.6. The summed E-state index contributed by atoms with van der Waals surface area (Å²) in [6.07, 6.45) is 4.47. The monoisotopic (exact) mass is 344 g/mol. The third-order valence-electron chi connectivity index (χ3n) is 4.07. The van der Waals surface area contributed by atoms with Gasteiger partial charge in [-0.3, -0.25) is 14.3 Å². The summed E-state index contributed by atoms with van der Waals surface area (Å²) in [7, 11) is 1.33. The molecule has 0 radical (unpaired) electrons. The second kappa shape index (κ2) is 9.52. The van der Waals surface area contributed by atoms with Gasteiger partial charge in [0.15, 0.2) is 5.82 Å². The molecular formula is C15H25ClN4O3. The molecule has 0 aliphatic carbocycles. The summed E-state index contributed by atoms with van der Waals surface area (Å²) in [4.78, 5) is 23.2. The number of esters is 1. The van der Waals surface area contributed by atoms with Gasteiger partial charge < -0.3 is 15.4 Å². The van der Waals surface area contributed by atoms with E-state index in [1.165, 1.54) is 24.6 Å². The molecule has 0 aromatic carbocycles. The number of carbonyl (C=O) groups excluding carboxylic acids is 2. The summed E-state index contributed by atoms with van der Waals surface area (Å²) >= 11 is 0. The third-order valence-corrected chi connectivity index (χ3v) is 4.07. The van der Waals surface area contributed by atoms with Crippen LogP contribution in [-0.4, -0.2) is 41.9 Å². The van der Waals surface area contributed by atoms with Gasteiger partial charge in [0.1, 0.15) is 6.54 Å². The smallest absolute Gasteiger partial charge is 0.327 e. The first-order valence-electron chi connectivity index (χ1n) is 7.69. The molecule has 1 aromatic heterocycles.